The van der Waals surface area contributed by atoms with Gasteiger partial charge in [-0.1, -0.05) is 6.07 Å². The molecule has 1 aromatic carbocycles. The number of nitrogens with zero attached hydrogens (tertiary/aromatic N) is 4. The van der Waals surface area contributed by atoms with Crippen LogP contribution in [0.3, 0.4) is 0 Å². The van der Waals surface area contributed by atoms with Gasteiger partial charge in [-0.2, -0.15) is 0 Å². The van der Waals surface area contributed by atoms with Gasteiger partial charge < -0.3 is 23.5 Å². The van der Waals surface area contributed by atoms with Gasteiger partial charge in [0.15, 0.2) is 11.5 Å². The molecule has 8 nitrogen and oxygen atoms in total. The second kappa shape index (κ2) is 10.6. The Morgan fingerprint density at radius 2 is 2.03 bits per heavy atom. The van der Waals surface area contributed by atoms with E-state index in [4.69, 9.17) is 14.2 Å². The number of fused-ring (bicyclic) bond motifs is 1. The maximum Gasteiger partial charge on any atom is 0.254 e. The number of methoxy groups -OCH3 is 1. The van der Waals surface area contributed by atoms with Crippen LogP contribution in [0.15, 0.2) is 73.3 Å². The fourth-order valence-electron chi connectivity index (χ4n) is 4.39. The molecule has 3 aromatic heterocycles. The van der Waals surface area contributed by atoms with E-state index in [1.54, 1.807) is 31.5 Å². The second-order valence-corrected chi connectivity index (χ2v) is 8.55. The first kappa shape index (κ1) is 22.9. The second-order valence-electron chi connectivity index (χ2n) is 8.55. The summed E-state index contributed by atoms with van der Waals surface area (Å²) in [5.74, 6) is 1.18. The fraction of sp³-hybridized carbons (Fsp3) is 0.296. The summed E-state index contributed by atoms with van der Waals surface area (Å²) in [7, 11) is 1.57. The van der Waals surface area contributed by atoms with Crippen LogP contribution in [0, 0.1) is 5.92 Å². The predicted octanol–water partition coefficient (Wildman–Crippen LogP) is 3.65. The standard InChI is InChI=1S/C27H28N4O4/c1-33-26-16-21(7-8-25(26)35-19-22-5-2-3-9-28-22)27(32)31-13-14-34-18-20(17-31)15-23-24-6-4-11-30(24)12-10-29-23/h2-12,16,20H,13-15,17-19H2,1H3. The molecule has 4 aromatic rings. The number of amides is 1. The Bertz CT molecular complexity index is 1290. The van der Waals surface area contributed by atoms with Gasteiger partial charge in [0, 0.05) is 49.4 Å². The molecule has 4 heterocycles. The highest BCUT2D eigenvalue weighted by molar-refractivity contribution is 5.95. The highest BCUT2D eigenvalue weighted by Crippen LogP contribution is 2.29. The molecule has 1 unspecified atom stereocenters. The Balaban J connectivity index is 1.28. The van der Waals surface area contributed by atoms with E-state index in [1.807, 2.05) is 47.8 Å². The van der Waals surface area contributed by atoms with Crippen molar-refractivity contribution in [1.29, 1.82) is 0 Å². The average molecular weight is 473 g/mol. The van der Waals surface area contributed by atoms with Crippen LogP contribution in [0.25, 0.3) is 5.52 Å². The Labute approximate surface area is 204 Å². The zero-order chi connectivity index (χ0) is 24.0. The monoisotopic (exact) mass is 472 g/mol. The number of aromatic nitrogens is 3. The molecular weight excluding hydrogens is 444 g/mol. The van der Waals surface area contributed by atoms with Crippen LogP contribution < -0.4 is 9.47 Å². The third-order valence-electron chi connectivity index (χ3n) is 6.15. The van der Waals surface area contributed by atoms with Crippen LogP contribution >= 0.6 is 0 Å². The summed E-state index contributed by atoms with van der Waals surface area (Å²) >= 11 is 0. The summed E-state index contributed by atoms with van der Waals surface area (Å²) < 4.78 is 19.3. The molecule has 35 heavy (non-hydrogen) atoms. The molecule has 1 fully saturated rings. The molecule has 1 aliphatic heterocycles. The van der Waals surface area contributed by atoms with E-state index < -0.39 is 0 Å². The lowest BCUT2D eigenvalue weighted by molar-refractivity contribution is 0.0737. The van der Waals surface area contributed by atoms with Gasteiger partial charge in [0.2, 0.25) is 0 Å². The molecule has 0 spiro atoms. The van der Waals surface area contributed by atoms with Crippen molar-refractivity contribution in [3.63, 3.8) is 0 Å². The molecule has 1 saturated heterocycles. The van der Waals surface area contributed by atoms with E-state index in [2.05, 4.69) is 20.4 Å². The lowest BCUT2D eigenvalue weighted by Crippen LogP contribution is -2.36. The number of hydrogen-bond acceptors (Lipinski definition) is 6. The van der Waals surface area contributed by atoms with Crippen LogP contribution in [0.2, 0.25) is 0 Å². The van der Waals surface area contributed by atoms with E-state index in [1.165, 1.54) is 0 Å². The molecule has 0 N–H and O–H groups in total. The number of carbonyl (C=O) groups excluding carboxylic acids is 1. The number of hydrogen-bond donors (Lipinski definition) is 0. The Morgan fingerprint density at radius 1 is 1.09 bits per heavy atom. The molecule has 1 aliphatic rings. The summed E-state index contributed by atoms with van der Waals surface area (Å²) in [5, 5.41) is 0. The maximum atomic E-state index is 13.4. The van der Waals surface area contributed by atoms with Crippen molar-refractivity contribution in [2.75, 3.05) is 33.4 Å². The van der Waals surface area contributed by atoms with E-state index in [0.717, 1.165) is 23.3 Å². The number of rotatable bonds is 7. The fourth-order valence-corrected chi connectivity index (χ4v) is 4.39. The van der Waals surface area contributed by atoms with Gasteiger partial charge >= 0.3 is 0 Å². The van der Waals surface area contributed by atoms with Crippen LogP contribution in [-0.2, 0) is 17.8 Å². The number of ether oxygens (including phenoxy) is 3. The minimum Gasteiger partial charge on any atom is -0.493 e. The van der Waals surface area contributed by atoms with E-state index in [-0.39, 0.29) is 11.8 Å². The molecule has 5 rings (SSSR count). The van der Waals surface area contributed by atoms with Gasteiger partial charge in [0.1, 0.15) is 6.61 Å². The van der Waals surface area contributed by atoms with Crippen LogP contribution in [0.1, 0.15) is 21.7 Å². The van der Waals surface area contributed by atoms with Crippen molar-refractivity contribution in [2.24, 2.45) is 5.92 Å². The number of pyridine rings is 1. The predicted molar refractivity (Wildman–Crippen MR) is 131 cm³/mol. The van der Waals surface area contributed by atoms with Gasteiger partial charge in [-0.3, -0.25) is 14.8 Å². The molecular formula is C27H28N4O4. The van der Waals surface area contributed by atoms with Crippen molar-refractivity contribution in [2.45, 2.75) is 13.0 Å². The van der Waals surface area contributed by atoms with Crippen molar-refractivity contribution < 1.29 is 19.0 Å². The minimum atomic E-state index is -0.0519. The lowest BCUT2D eigenvalue weighted by atomic mass is 10.0. The van der Waals surface area contributed by atoms with Crippen molar-refractivity contribution in [1.82, 2.24) is 19.3 Å². The van der Waals surface area contributed by atoms with Gasteiger partial charge in [-0.05, 0) is 48.9 Å². The number of benzene rings is 1. The average Bonchev–Trinajstić information content (AvgIpc) is 3.27. The maximum absolute atomic E-state index is 13.4. The third kappa shape index (κ3) is 5.27. The van der Waals surface area contributed by atoms with E-state index >= 15 is 0 Å². The topological polar surface area (TPSA) is 78.2 Å². The molecule has 180 valence electrons. The Kier molecular flexibility index (Phi) is 6.90. The highest BCUT2D eigenvalue weighted by atomic mass is 16.5. The van der Waals surface area contributed by atoms with E-state index in [0.29, 0.717) is 50.0 Å². The Morgan fingerprint density at radius 3 is 2.89 bits per heavy atom. The smallest absolute Gasteiger partial charge is 0.254 e. The first-order valence-corrected chi connectivity index (χ1v) is 11.7. The summed E-state index contributed by atoms with van der Waals surface area (Å²) in [6, 6.07) is 15.0. The zero-order valence-electron chi connectivity index (χ0n) is 19.7. The van der Waals surface area contributed by atoms with Crippen LogP contribution in [-0.4, -0.2) is 58.6 Å². The first-order valence-electron chi connectivity index (χ1n) is 11.7. The summed E-state index contributed by atoms with van der Waals surface area (Å²) in [5.41, 5.74) is 3.47. The molecule has 0 aliphatic carbocycles. The number of carbonyl (C=O) groups is 1. The molecule has 0 bridgehead atoms. The van der Waals surface area contributed by atoms with Gasteiger partial charge in [0.25, 0.3) is 5.91 Å². The highest BCUT2D eigenvalue weighted by Gasteiger charge is 2.25. The summed E-state index contributed by atoms with van der Waals surface area (Å²) in [4.78, 5) is 24.1. The van der Waals surface area contributed by atoms with Crippen molar-refractivity contribution in [3.05, 3.63) is 90.3 Å². The molecule has 0 saturated carbocycles. The Hall–Kier alpha value is -3.91. The van der Waals surface area contributed by atoms with Gasteiger partial charge in [-0.15, -0.1) is 0 Å². The normalized spacial score (nSPS) is 16.1. The van der Waals surface area contributed by atoms with Crippen molar-refractivity contribution in [3.8, 4) is 11.5 Å². The zero-order valence-corrected chi connectivity index (χ0v) is 19.7. The molecule has 0 radical (unpaired) electrons. The van der Waals surface area contributed by atoms with E-state index in [9.17, 15) is 4.79 Å². The summed E-state index contributed by atoms with van der Waals surface area (Å²) in [6.07, 6.45) is 8.23. The van der Waals surface area contributed by atoms with Gasteiger partial charge in [0.05, 0.1) is 37.2 Å². The molecule has 1 atom stereocenters. The van der Waals surface area contributed by atoms with Crippen molar-refractivity contribution >= 4 is 11.4 Å². The first-order chi connectivity index (χ1) is 17.2. The third-order valence-corrected chi connectivity index (χ3v) is 6.15. The lowest BCUT2D eigenvalue weighted by Gasteiger charge is -2.24. The van der Waals surface area contributed by atoms with Crippen LogP contribution in [0.5, 0.6) is 11.5 Å². The SMILES string of the molecule is COc1cc(C(=O)N2CCOCC(Cc3nccn4cccc34)C2)ccc1OCc1ccccn1. The quantitative estimate of drug-likeness (QED) is 0.409. The molecule has 1 amide bonds. The largest absolute Gasteiger partial charge is 0.493 e. The minimum absolute atomic E-state index is 0.0519. The summed E-state index contributed by atoms with van der Waals surface area (Å²) in [6.45, 7) is 2.56. The van der Waals surface area contributed by atoms with Gasteiger partial charge in [-0.25, -0.2) is 0 Å². The molecule has 8 heteroatoms. The van der Waals surface area contributed by atoms with Crippen LogP contribution in [0.4, 0.5) is 0 Å².